The third kappa shape index (κ3) is 2.74. The molecular weight excluding hydrogens is 274 g/mol. The van der Waals surface area contributed by atoms with Crippen LogP contribution >= 0.6 is 0 Å². The van der Waals surface area contributed by atoms with Gasteiger partial charge in [-0.3, -0.25) is 0 Å². The molecule has 1 aliphatic carbocycles. The van der Waals surface area contributed by atoms with Gasteiger partial charge in [0.2, 0.25) is 0 Å². The van der Waals surface area contributed by atoms with Crippen LogP contribution in [0.15, 0.2) is 48.5 Å². The predicted octanol–water partition coefficient (Wildman–Crippen LogP) is 3.01. The van der Waals surface area contributed by atoms with Crippen molar-refractivity contribution < 1.29 is 9.84 Å². The van der Waals surface area contributed by atoms with Crippen LogP contribution in [0.3, 0.4) is 0 Å². The number of para-hydroxylation sites is 1. The molecule has 3 nitrogen and oxygen atoms in total. The molecule has 0 fully saturated rings. The van der Waals surface area contributed by atoms with Gasteiger partial charge in [0.25, 0.3) is 0 Å². The number of rotatable bonds is 4. The van der Waals surface area contributed by atoms with Crippen molar-refractivity contribution in [1.29, 1.82) is 0 Å². The molecule has 0 aliphatic heterocycles. The van der Waals surface area contributed by atoms with Crippen molar-refractivity contribution in [3.05, 3.63) is 65.2 Å². The van der Waals surface area contributed by atoms with Gasteiger partial charge >= 0.3 is 0 Å². The van der Waals surface area contributed by atoms with E-state index in [2.05, 4.69) is 17.4 Å². The quantitative estimate of drug-likeness (QED) is 0.911. The Labute approximate surface area is 131 Å². The average molecular weight is 297 g/mol. The van der Waals surface area contributed by atoms with Gasteiger partial charge in [-0.25, -0.2) is 0 Å². The minimum absolute atomic E-state index is 0.356. The highest BCUT2D eigenvalue weighted by molar-refractivity contribution is 5.38. The molecule has 2 aromatic rings. The highest BCUT2D eigenvalue weighted by Gasteiger charge is 2.43. The highest BCUT2D eigenvalue weighted by atomic mass is 16.5. The van der Waals surface area contributed by atoms with E-state index >= 15 is 0 Å². The van der Waals surface area contributed by atoms with Gasteiger partial charge in [0.15, 0.2) is 6.10 Å². The maximum Gasteiger partial charge on any atom is 0.154 e. The van der Waals surface area contributed by atoms with Gasteiger partial charge in [0.1, 0.15) is 11.4 Å². The summed E-state index contributed by atoms with van der Waals surface area (Å²) in [7, 11) is 1.86. The summed E-state index contributed by atoms with van der Waals surface area (Å²) in [6.45, 7) is 2.54. The van der Waals surface area contributed by atoms with Crippen molar-refractivity contribution >= 4 is 0 Å². The highest BCUT2D eigenvalue weighted by Crippen LogP contribution is 2.40. The predicted molar refractivity (Wildman–Crippen MR) is 88.2 cm³/mol. The molecule has 3 rings (SSSR count). The number of hydrogen-bond donors (Lipinski definition) is 2. The second-order valence-electron chi connectivity index (χ2n) is 6.10. The largest absolute Gasteiger partial charge is 0.482 e. The van der Waals surface area contributed by atoms with E-state index < -0.39 is 5.60 Å². The SMILES string of the molecule is CNCC1(O)CCc2ccccc2C1Oc1ccccc1C. The normalized spacial score (nSPS) is 23.9. The fourth-order valence-corrected chi connectivity index (χ4v) is 3.27. The second-order valence-corrected chi connectivity index (χ2v) is 6.10. The molecule has 0 saturated heterocycles. The van der Waals surface area contributed by atoms with Crippen LogP contribution in [0.2, 0.25) is 0 Å². The van der Waals surface area contributed by atoms with Crippen LogP contribution in [0.25, 0.3) is 0 Å². The van der Waals surface area contributed by atoms with Gasteiger partial charge in [-0.05, 0) is 49.6 Å². The Hall–Kier alpha value is -1.84. The molecule has 116 valence electrons. The Balaban J connectivity index is 2.01. The minimum atomic E-state index is -0.897. The molecule has 0 saturated carbocycles. The molecule has 2 unspecified atom stereocenters. The van der Waals surface area contributed by atoms with Crippen molar-refractivity contribution in [3.8, 4) is 5.75 Å². The molecule has 0 bridgehead atoms. The number of aliphatic hydroxyl groups is 1. The van der Waals surface area contributed by atoms with Crippen LogP contribution in [-0.4, -0.2) is 24.3 Å². The molecule has 2 aromatic carbocycles. The number of aryl methyl sites for hydroxylation is 2. The molecule has 0 aromatic heterocycles. The molecule has 2 atom stereocenters. The first-order valence-electron chi connectivity index (χ1n) is 7.81. The number of likely N-dealkylation sites (N-methyl/N-ethyl adjacent to an activating group) is 1. The van der Waals surface area contributed by atoms with Gasteiger partial charge in [-0.15, -0.1) is 0 Å². The van der Waals surface area contributed by atoms with Crippen LogP contribution in [0.4, 0.5) is 0 Å². The molecule has 3 heteroatoms. The lowest BCUT2D eigenvalue weighted by molar-refractivity contribution is -0.0735. The smallest absolute Gasteiger partial charge is 0.154 e. The third-order valence-electron chi connectivity index (χ3n) is 4.47. The van der Waals surface area contributed by atoms with E-state index in [4.69, 9.17) is 4.74 Å². The van der Waals surface area contributed by atoms with Crippen molar-refractivity contribution in [3.63, 3.8) is 0 Å². The molecular formula is C19H23NO2. The lowest BCUT2D eigenvalue weighted by Gasteiger charge is -2.41. The second kappa shape index (κ2) is 6.11. The minimum Gasteiger partial charge on any atom is -0.482 e. The third-order valence-corrected chi connectivity index (χ3v) is 4.47. The standard InChI is InChI=1S/C19H23NO2/c1-14-7-3-6-10-17(14)22-18-16-9-5-4-8-15(16)11-12-19(18,21)13-20-2/h3-10,18,20-21H,11-13H2,1-2H3. The first kappa shape index (κ1) is 15.1. The van der Waals surface area contributed by atoms with Crippen LogP contribution in [-0.2, 0) is 6.42 Å². The molecule has 0 radical (unpaired) electrons. The van der Waals surface area contributed by atoms with Gasteiger partial charge in [0, 0.05) is 6.54 Å². The maximum atomic E-state index is 11.1. The first-order valence-corrected chi connectivity index (χ1v) is 7.81. The number of benzene rings is 2. The van der Waals surface area contributed by atoms with Crippen molar-refractivity contribution in [2.75, 3.05) is 13.6 Å². The summed E-state index contributed by atoms with van der Waals surface area (Å²) in [6.07, 6.45) is 1.22. The van der Waals surface area contributed by atoms with Crippen LogP contribution in [0.1, 0.15) is 29.2 Å². The van der Waals surface area contributed by atoms with Crippen LogP contribution in [0, 0.1) is 6.92 Å². The van der Waals surface area contributed by atoms with Gasteiger partial charge in [-0.2, -0.15) is 0 Å². The molecule has 1 aliphatic rings. The van der Waals surface area contributed by atoms with Crippen molar-refractivity contribution in [1.82, 2.24) is 5.32 Å². The molecule has 2 N–H and O–H groups in total. The fourth-order valence-electron chi connectivity index (χ4n) is 3.27. The van der Waals surface area contributed by atoms with E-state index in [1.165, 1.54) is 5.56 Å². The number of fused-ring (bicyclic) bond motifs is 1. The summed E-state index contributed by atoms with van der Waals surface area (Å²) >= 11 is 0. The van der Waals surface area contributed by atoms with Crippen LogP contribution in [0.5, 0.6) is 5.75 Å². The first-order chi connectivity index (χ1) is 10.6. The summed E-state index contributed by atoms with van der Waals surface area (Å²) in [5.74, 6) is 0.832. The average Bonchev–Trinajstić information content (AvgIpc) is 2.52. The van der Waals surface area contributed by atoms with Crippen LogP contribution < -0.4 is 10.1 Å². The Morgan fingerprint density at radius 1 is 1.18 bits per heavy atom. The Kier molecular flexibility index (Phi) is 4.19. The lowest BCUT2D eigenvalue weighted by Crippen LogP contribution is -2.49. The van der Waals surface area contributed by atoms with E-state index in [1.807, 2.05) is 50.4 Å². The van der Waals surface area contributed by atoms with E-state index in [0.717, 1.165) is 23.3 Å². The Morgan fingerprint density at radius 3 is 2.68 bits per heavy atom. The number of nitrogens with one attached hydrogen (secondary N) is 1. The molecule has 0 spiro atoms. The zero-order valence-electron chi connectivity index (χ0n) is 13.2. The monoisotopic (exact) mass is 297 g/mol. The topological polar surface area (TPSA) is 41.5 Å². The van der Waals surface area contributed by atoms with Gasteiger partial charge in [-0.1, -0.05) is 42.5 Å². The Bertz CT molecular complexity index is 655. The van der Waals surface area contributed by atoms with Gasteiger partial charge in [0.05, 0.1) is 0 Å². The zero-order valence-corrected chi connectivity index (χ0v) is 13.2. The summed E-state index contributed by atoms with van der Waals surface area (Å²) < 4.78 is 6.29. The van der Waals surface area contributed by atoms with E-state index in [9.17, 15) is 5.11 Å². The van der Waals surface area contributed by atoms with Crippen molar-refractivity contribution in [2.24, 2.45) is 0 Å². The summed E-state index contributed by atoms with van der Waals surface area (Å²) in [5.41, 5.74) is 2.54. The van der Waals surface area contributed by atoms with E-state index in [1.54, 1.807) is 0 Å². The zero-order chi connectivity index (χ0) is 15.6. The lowest BCUT2D eigenvalue weighted by atomic mass is 9.77. The number of ether oxygens (including phenoxy) is 1. The summed E-state index contributed by atoms with van der Waals surface area (Å²) in [6, 6.07) is 16.2. The molecule has 22 heavy (non-hydrogen) atoms. The Morgan fingerprint density at radius 2 is 1.91 bits per heavy atom. The van der Waals surface area contributed by atoms with E-state index in [-0.39, 0.29) is 6.10 Å². The van der Waals surface area contributed by atoms with Gasteiger partial charge < -0.3 is 15.2 Å². The number of hydrogen-bond acceptors (Lipinski definition) is 3. The molecule has 0 amide bonds. The maximum absolute atomic E-state index is 11.1. The van der Waals surface area contributed by atoms with E-state index in [0.29, 0.717) is 13.0 Å². The molecule has 0 heterocycles. The summed E-state index contributed by atoms with van der Waals surface area (Å²) in [5, 5.41) is 14.3. The summed E-state index contributed by atoms with van der Waals surface area (Å²) in [4.78, 5) is 0. The fraction of sp³-hybridized carbons (Fsp3) is 0.368. The van der Waals surface area contributed by atoms with Crippen molar-refractivity contribution in [2.45, 2.75) is 31.5 Å².